The minimum Gasteiger partial charge on any atom is -0.487 e. The van der Waals surface area contributed by atoms with Gasteiger partial charge in [-0.15, -0.1) is 0 Å². The highest BCUT2D eigenvalue weighted by Gasteiger charge is 2.50. The van der Waals surface area contributed by atoms with Gasteiger partial charge in [0.1, 0.15) is 24.7 Å². The number of carbonyl (C=O) groups excluding carboxylic acids is 2. The number of rotatable bonds is 9. The summed E-state index contributed by atoms with van der Waals surface area (Å²) in [5, 5.41) is 11.3. The van der Waals surface area contributed by atoms with Gasteiger partial charge in [0.25, 0.3) is 6.43 Å². The first kappa shape index (κ1) is 31.8. The van der Waals surface area contributed by atoms with Gasteiger partial charge in [-0.25, -0.2) is 14.6 Å². The van der Waals surface area contributed by atoms with Crippen molar-refractivity contribution in [2.75, 3.05) is 46.5 Å². The standard InChI is InChI=1S/C28H38ClF2N5O6/c1-28(27(39)40)9-4-3-5-17(28)26(38)36-10-8-16-18(29)6-7-21(42-14-19(32)24(25(30)31)34(2)33)23(16)20(36)13-35-11-12-41-15-22(35)37/h6-7,17,20,25H,3-5,8-15,32-33H2,1-2H3,(H,39,40)/b24-19-/t17?,20?,28-/m0/s1. The normalized spacial score (nSPS) is 25.2. The lowest BCUT2D eigenvalue weighted by atomic mass is 9.66. The Hall–Kier alpha value is -3.16. The van der Waals surface area contributed by atoms with Crippen LogP contribution in [0.4, 0.5) is 8.78 Å². The molecule has 11 nitrogen and oxygen atoms in total. The van der Waals surface area contributed by atoms with E-state index >= 15 is 0 Å². The zero-order valence-electron chi connectivity index (χ0n) is 23.8. The lowest BCUT2D eigenvalue weighted by Crippen LogP contribution is -2.54. The number of nitrogens with zero attached hydrogens (tertiary/aromatic N) is 3. The van der Waals surface area contributed by atoms with Crippen molar-refractivity contribution in [1.82, 2.24) is 14.8 Å². The zero-order valence-corrected chi connectivity index (χ0v) is 24.5. The fourth-order valence-electron chi connectivity index (χ4n) is 6.25. The molecule has 0 aromatic heterocycles. The van der Waals surface area contributed by atoms with Crippen LogP contribution in [0.15, 0.2) is 23.5 Å². The van der Waals surface area contributed by atoms with Crippen LogP contribution in [0.3, 0.4) is 0 Å². The Kier molecular flexibility index (Phi) is 9.84. The molecule has 1 aromatic carbocycles. The smallest absolute Gasteiger partial charge is 0.310 e. The first-order valence-electron chi connectivity index (χ1n) is 13.9. The first-order valence-corrected chi connectivity index (χ1v) is 14.3. The molecule has 1 aromatic rings. The van der Waals surface area contributed by atoms with Gasteiger partial charge in [0, 0.05) is 37.3 Å². The predicted molar refractivity (Wildman–Crippen MR) is 149 cm³/mol. The second-order valence-electron chi connectivity index (χ2n) is 11.3. The van der Waals surface area contributed by atoms with Gasteiger partial charge >= 0.3 is 5.97 Å². The van der Waals surface area contributed by atoms with Crippen molar-refractivity contribution >= 4 is 29.4 Å². The number of carbonyl (C=O) groups is 3. The zero-order chi connectivity index (χ0) is 30.8. The van der Waals surface area contributed by atoms with E-state index in [1.54, 1.807) is 28.9 Å². The molecule has 1 aliphatic carbocycles. The fraction of sp³-hybridized carbons (Fsp3) is 0.607. The summed E-state index contributed by atoms with van der Waals surface area (Å²) in [7, 11) is 1.24. The molecule has 1 saturated heterocycles. The highest BCUT2D eigenvalue weighted by atomic mass is 35.5. The monoisotopic (exact) mass is 613 g/mol. The number of benzene rings is 1. The Labute approximate surface area is 248 Å². The quantitative estimate of drug-likeness (QED) is 0.282. The number of carboxylic acids is 1. The average molecular weight is 614 g/mol. The van der Waals surface area contributed by atoms with Crippen LogP contribution in [0.1, 0.15) is 49.8 Å². The summed E-state index contributed by atoms with van der Waals surface area (Å²) >= 11 is 6.62. The number of allylic oxidation sites excluding steroid dienone is 1. The number of morpholine rings is 1. The number of halogens is 3. The molecule has 2 heterocycles. The van der Waals surface area contributed by atoms with E-state index in [0.29, 0.717) is 55.0 Å². The molecule has 0 radical (unpaired) electrons. The average Bonchev–Trinajstić information content (AvgIpc) is 2.93. The molecule has 2 amide bonds. The molecule has 2 fully saturated rings. The van der Waals surface area contributed by atoms with Crippen molar-refractivity contribution in [1.29, 1.82) is 0 Å². The van der Waals surface area contributed by atoms with Gasteiger partial charge in [-0.2, -0.15) is 0 Å². The van der Waals surface area contributed by atoms with Crippen LogP contribution in [0.5, 0.6) is 5.75 Å². The molecule has 3 atom stereocenters. The first-order chi connectivity index (χ1) is 19.9. The van der Waals surface area contributed by atoms with Crippen LogP contribution in [0.25, 0.3) is 0 Å². The third-order valence-electron chi connectivity index (χ3n) is 8.63. The highest BCUT2D eigenvalue weighted by molar-refractivity contribution is 6.31. The molecule has 0 bridgehead atoms. The molecule has 4 rings (SSSR count). The number of hydrogen-bond acceptors (Lipinski definition) is 8. The second-order valence-corrected chi connectivity index (χ2v) is 11.7. The number of aliphatic carboxylic acids is 1. The molecule has 5 N–H and O–H groups in total. The highest BCUT2D eigenvalue weighted by Crippen LogP contribution is 2.46. The van der Waals surface area contributed by atoms with Crippen LogP contribution in [0, 0.1) is 11.3 Å². The molecular weight excluding hydrogens is 576 g/mol. The topological polar surface area (TPSA) is 152 Å². The predicted octanol–water partition coefficient (Wildman–Crippen LogP) is 2.53. The van der Waals surface area contributed by atoms with E-state index < -0.39 is 42.1 Å². The van der Waals surface area contributed by atoms with Crippen molar-refractivity contribution in [3.8, 4) is 5.75 Å². The molecular formula is C28H38ClF2N5O6. The number of amides is 2. The van der Waals surface area contributed by atoms with Crippen molar-refractivity contribution in [3.05, 3.63) is 39.7 Å². The van der Waals surface area contributed by atoms with Crippen molar-refractivity contribution < 1.29 is 37.7 Å². The SMILES string of the molecule is CN(N)/C(=C(\N)COc1ccc(Cl)c2c1C(CN1CCOCC1=O)N(C(=O)C1CCCC[C@]1(C)C(=O)O)CC2)C(F)F. The number of fused-ring (bicyclic) bond motifs is 1. The maximum absolute atomic E-state index is 14.2. The fourth-order valence-corrected chi connectivity index (χ4v) is 6.51. The number of hydrazine groups is 1. The summed E-state index contributed by atoms with van der Waals surface area (Å²) in [6.07, 6.45) is -0.344. The minimum absolute atomic E-state index is 0.0906. The Balaban J connectivity index is 1.76. The lowest BCUT2D eigenvalue weighted by Gasteiger charge is -2.45. The Morgan fingerprint density at radius 1 is 1.31 bits per heavy atom. The molecule has 0 spiro atoms. The lowest BCUT2D eigenvalue weighted by molar-refractivity contribution is -0.163. The Bertz CT molecular complexity index is 1240. The largest absolute Gasteiger partial charge is 0.487 e. The number of carboxylic acid groups (broad SMARTS) is 1. The summed E-state index contributed by atoms with van der Waals surface area (Å²) in [6.45, 7) is 2.05. The number of alkyl halides is 2. The van der Waals surface area contributed by atoms with E-state index in [0.717, 1.165) is 11.4 Å². The second kappa shape index (κ2) is 13.0. The number of hydrogen-bond donors (Lipinski definition) is 3. The van der Waals surface area contributed by atoms with Gasteiger partial charge in [0.05, 0.1) is 29.7 Å². The van der Waals surface area contributed by atoms with Gasteiger partial charge in [-0.3, -0.25) is 14.4 Å². The maximum atomic E-state index is 14.2. The number of ether oxygens (including phenoxy) is 2. The van der Waals surface area contributed by atoms with Gasteiger partial charge in [0.2, 0.25) is 11.8 Å². The van der Waals surface area contributed by atoms with Crippen LogP contribution >= 0.6 is 11.6 Å². The Morgan fingerprint density at radius 2 is 2.05 bits per heavy atom. The summed E-state index contributed by atoms with van der Waals surface area (Å²) in [5.41, 5.74) is 5.07. The van der Waals surface area contributed by atoms with Crippen LogP contribution in [0.2, 0.25) is 5.02 Å². The summed E-state index contributed by atoms with van der Waals surface area (Å²) in [6, 6.07) is 2.46. The van der Waals surface area contributed by atoms with Crippen LogP contribution in [-0.4, -0.2) is 90.6 Å². The summed E-state index contributed by atoms with van der Waals surface area (Å²) in [5.74, 6) is 3.47. The Morgan fingerprint density at radius 3 is 2.69 bits per heavy atom. The summed E-state index contributed by atoms with van der Waals surface area (Å²) < 4.78 is 38.4. The van der Waals surface area contributed by atoms with E-state index in [2.05, 4.69) is 0 Å². The maximum Gasteiger partial charge on any atom is 0.310 e. The van der Waals surface area contributed by atoms with E-state index in [1.807, 2.05) is 0 Å². The van der Waals surface area contributed by atoms with Gasteiger partial charge < -0.3 is 35.1 Å². The molecule has 2 unspecified atom stereocenters. The van der Waals surface area contributed by atoms with Crippen molar-refractivity contribution in [2.24, 2.45) is 22.9 Å². The summed E-state index contributed by atoms with van der Waals surface area (Å²) in [4.78, 5) is 42.6. The van der Waals surface area contributed by atoms with E-state index in [4.69, 9.17) is 32.7 Å². The van der Waals surface area contributed by atoms with E-state index in [9.17, 15) is 28.3 Å². The van der Waals surface area contributed by atoms with Crippen molar-refractivity contribution in [2.45, 2.75) is 51.5 Å². The number of nitrogens with two attached hydrogens (primary N) is 2. The molecule has 42 heavy (non-hydrogen) atoms. The molecule has 232 valence electrons. The third-order valence-corrected chi connectivity index (χ3v) is 8.98. The van der Waals surface area contributed by atoms with E-state index in [-0.39, 0.29) is 43.0 Å². The van der Waals surface area contributed by atoms with Gasteiger partial charge in [-0.1, -0.05) is 24.4 Å². The van der Waals surface area contributed by atoms with Crippen LogP contribution < -0.4 is 16.3 Å². The van der Waals surface area contributed by atoms with Gasteiger partial charge in [0.15, 0.2) is 0 Å². The van der Waals surface area contributed by atoms with Gasteiger partial charge in [-0.05, 0) is 43.9 Å². The minimum atomic E-state index is -2.94. The molecule has 14 heteroatoms. The van der Waals surface area contributed by atoms with Crippen molar-refractivity contribution in [3.63, 3.8) is 0 Å². The molecule has 3 aliphatic rings. The molecule has 2 aliphatic heterocycles. The van der Waals surface area contributed by atoms with Crippen LogP contribution in [-0.2, 0) is 25.5 Å². The van der Waals surface area contributed by atoms with E-state index in [1.165, 1.54) is 7.05 Å². The third kappa shape index (κ3) is 6.28. The molecule has 1 saturated carbocycles.